The molecule has 26 heavy (non-hydrogen) atoms. The van der Waals surface area contributed by atoms with Crippen LogP contribution in [-0.2, 0) is 20.7 Å². The number of nitrogens with zero attached hydrogens (tertiary/aromatic N) is 2. The van der Waals surface area contributed by atoms with Crippen LogP contribution in [0.25, 0.3) is 11.5 Å². The first-order valence-electron chi connectivity index (χ1n) is 7.95. The average molecular weight is 355 g/mol. The number of rotatable bonds is 6. The molecule has 1 atom stereocenters. The van der Waals surface area contributed by atoms with Crippen molar-refractivity contribution >= 4 is 17.8 Å². The minimum Gasteiger partial charge on any atom is -0.452 e. The Bertz CT molecular complexity index is 900. The number of anilines is 1. The fourth-order valence-electron chi connectivity index (χ4n) is 2.19. The molecule has 8 heteroatoms. The zero-order chi connectivity index (χ0) is 18.5. The van der Waals surface area contributed by atoms with Gasteiger partial charge in [0.2, 0.25) is 11.8 Å². The number of carbonyl (C=O) groups is 2. The summed E-state index contributed by atoms with van der Waals surface area (Å²) in [5.41, 5.74) is 1.86. The van der Waals surface area contributed by atoms with E-state index in [9.17, 15) is 9.59 Å². The van der Waals surface area contributed by atoms with Crippen molar-refractivity contribution in [1.29, 1.82) is 0 Å². The highest BCUT2D eigenvalue weighted by Crippen LogP contribution is 2.18. The molecule has 0 bridgehead atoms. The topological polar surface area (TPSA) is 107 Å². The minimum atomic E-state index is -0.992. The summed E-state index contributed by atoms with van der Waals surface area (Å²) in [5.74, 6) is -0.492. The Balaban J connectivity index is 1.53. The number of hydrogen-bond acceptors (Lipinski definition) is 7. The van der Waals surface area contributed by atoms with Gasteiger partial charge in [-0.2, -0.15) is 0 Å². The lowest BCUT2D eigenvalue weighted by Crippen LogP contribution is -2.30. The Morgan fingerprint density at radius 1 is 1.27 bits per heavy atom. The largest absolute Gasteiger partial charge is 0.452 e. The average Bonchev–Trinajstić information content (AvgIpc) is 3.24. The van der Waals surface area contributed by atoms with Gasteiger partial charge < -0.3 is 13.7 Å². The molecule has 3 aromatic rings. The van der Waals surface area contributed by atoms with Gasteiger partial charge in [0.05, 0.1) is 17.8 Å². The fraction of sp³-hybridized carbons (Fsp3) is 0.222. The van der Waals surface area contributed by atoms with Crippen LogP contribution in [0.1, 0.15) is 18.3 Å². The molecular weight excluding hydrogens is 338 g/mol. The highest BCUT2D eigenvalue weighted by Gasteiger charge is 2.20. The van der Waals surface area contributed by atoms with E-state index in [1.54, 1.807) is 13.0 Å². The Morgan fingerprint density at radius 2 is 2.04 bits per heavy atom. The fourth-order valence-corrected chi connectivity index (χ4v) is 2.19. The summed E-state index contributed by atoms with van der Waals surface area (Å²) < 4.78 is 15.4. The zero-order valence-electron chi connectivity index (χ0n) is 14.3. The van der Waals surface area contributed by atoms with Crippen molar-refractivity contribution in [1.82, 2.24) is 10.1 Å². The van der Waals surface area contributed by atoms with Gasteiger partial charge in [-0.15, -0.1) is 0 Å². The maximum atomic E-state index is 12.0. The smallest absolute Gasteiger partial charge is 0.312 e. The van der Waals surface area contributed by atoms with Gasteiger partial charge in [0.1, 0.15) is 6.26 Å². The lowest BCUT2D eigenvalue weighted by atomic mass is 10.2. The van der Waals surface area contributed by atoms with E-state index in [1.165, 1.54) is 13.2 Å². The molecule has 2 aromatic heterocycles. The third kappa shape index (κ3) is 4.35. The number of ether oxygens (including phenoxy) is 1. The second-order valence-electron chi connectivity index (χ2n) is 5.64. The molecule has 0 radical (unpaired) electrons. The summed E-state index contributed by atoms with van der Waals surface area (Å²) in [6, 6.07) is 10.9. The normalized spacial score (nSPS) is 11.8. The van der Waals surface area contributed by atoms with Crippen molar-refractivity contribution < 1.29 is 23.3 Å². The Hall–Kier alpha value is -3.42. The molecule has 0 fully saturated rings. The van der Waals surface area contributed by atoms with E-state index in [4.69, 9.17) is 13.7 Å². The van der Waals surface area contributed by atoms with Crippen molar-refractivity contribution in [2.75, 3.05) is 5.32 Å². The molecule has 0 aliphatic rings. The SMILES string of the molecule is Cc1cc(NC(=O)C(C)OC(=O)Cc2coc(-c3ccccc3)n2)on1. The van der Waals surface area contributed by atoms with Crippen LogP contribution in [0.5, 0.6) is 0 Å². The molecule has 0 saturated carbocycles. The quantitative estimate of drug-likeness (QED) is 0.677. The van der Waals surface area contributed by atoms with Gasteiger partial charge in [0, 0.05) is 11.6 Å². The molecule has 1 N–H and O–H groups in total. The third-order valence-electron chi connectivity index (χ3n) is 3.45. The molecule has 1 unspecified atom stereocenters. The summed E-state index contributed by atoms with van der Waals surface area (Å²) in [4.78, 5) is 28.3. The Morgan fingerprint density at radius 3 is 2.73 bits per heavy atom. The maximum Gasteiger partial charge on any atom is 0.312 e. The second kappa shape index (κ2) is 7.64. The monoisotopic (exact) mass is 355 g/mol. The molecule has 0 spiro atoms. The van der Waals surface area contributed by atoms with E-state index in [2.05, 4.69) is 15.5 Å². The first kappa shape index (κ1) is 17.4. The summed E-state index contributed by atoms with van der Waals surface area (Å²) in [6.07, 6.45) is 0.300. The molecule has 3 rings (SSSR count). The molecule has 0 aliphatic heterocycles. The highest BCUT2D eigenvalue weighted by molar-refractivity contribution is 5.94. The van der Waals surface area contributed by atoms with Crippen LogP contribution in [0.3, 0.4) is 0 Å². The summed E-state index contributed by atoms with van der Waals surface area (Å²) in [6.45, 7) is 3.19. The van der Waals surface area contributed by atoms with Gasteiger partial charge in [-0.25, -0.2) is 4.98 Å². The molecule has 2 heterocycles. The van der Waals surface area contributed by atoms with Gasteiger partial charge in [0.25, 0.3) is 5.91 Å². The highest BCUT2D eigenvalue weighted by atomic mass is 16.5. The molecule has 8 nitrogen and oxygen atoms in total. The second-order valence-corrected chi connectivity index (χ2v) is 5.64. The van der Waals surface area contributed by atoms with Crippen molar-refractivity contribution in [2.24, 2.45) is 0 Å². The van der Waals surface area contributed by atoms with E-state index in [-0.39, 0.29) is 12.3 Å². The van der Waals surface area contributed by atoms with Crippen LogP contribution in [0.15, 0.2) is 51.6 Å². The third-order valence-corrected chi connectivity index (χ3v) is 3.45. The minimum absolute atomic E-state index is 0.102. The standard InChI is InChI=1S/C18H17N3O5/c1-11-8-15(26-21-11)20-17(23)12(2)25-16(22)9-14-10-24-18(19-14)13-6-4-3-5-7-13/h3-8,10,12H,9H2,1-2H3,(H,20,23). The zero-order valence-corrected chi connectivity index (χ0v) is 14.3. The van der Waals surface area contributed by atoms with Crippen LogP contribution >= 0.6 is 0 Å². The lowest BCUT2D eigenvalue weighted by molar-refractivity contribution is -0.152. The predicted molar refractivity (Wildman–Crippen MR) is 91.1 cm³/mol. The van der Waals surface area contributed by atoms with E-state index >= 15 is 0 Å². The molecule has 1 amide bonds. The maximum absolute atomic E-state index is 12.0. The summed E-state index contributed by atoms with van der Waals surface area (Å²) in [5, 5.41) is 6.13. The number of esters is 1. The van der Waals surface area contributed by atoms with Crippen molar-refractivity contribution in [3.8, 4) is 11.5 Å². The van der Waals surface area contributed by atoms with Gasteiger partial charge >= 0.3 is 5.97 Å². The van der Waals surface area contributed by atoms with Gasteiger partial charge in [0.15, 0.2) is 6.10 Å². The number of nitrogens with one attached hydrogen (secondary N) is 1. The van der Waals surface area contributed by atoms with Crippen LogP contribution in [0, 0.1) is 6.92 Å². The molecule has 0 aliphatic carbocycles. The first-order chi connectivity index (χ1) is 12.5. The Kier molecular flexibility index (Phi) is 5.12. The lowest BCUT2D eigenvalue weighted by Gasteiger charge is -2.11. The van der Waals surface area contributed by atoms with E-state index < -0.39 is 18.0 Å². The van der Waals surface area contributed by atoms with Gasteiger partial charge in [-0.05, 0) is 26.0 Å². The van der Waals surface area contributed by atoms with E-state index in [1.807, 2.05) is 30.3 Å². The molecule has 0 saturated heterocycles. The predicted octanol–water partition coefficient (Wildman–Crippen LogP) is 2.75. The van der Waals surface area contributed by atoms with Crippen LogP contribution in [0.4, 0.5) is 5.88 Å². The van der Waals surface area contributed by atoms with Gasteiger partial charge in [-0.3, -0.25) is 14.9 Å². The molecular formula is C18H17N3O5. The van der Waals surface area contributed by atoms with Crippen molar-refractivity contribution in [2.45, 2.75) is 26.4 Å². The van der Waals surface area contributed by atoms with E-state index in [0.29, 0.717) is 17.3 Å². The number of amides is 1. The summed E-state index contributed by atoms with van der Waals surface area (Å²) >= 11 is 0. The number of aryl methyl sites for hydroxylation is 1. The first-order valence-corrected chi connectivity index (χ1v) is 7.95. The number of carbonyl (C=O) groups excluding carboxylic acids is 2. The molecule has 1 aromatic carbocycles. The number of benzene rings is 1. The van der Waals surface area contributed by atoms with Crippen molar-refractivity contribution in [3.05, 3.63) is 54.0 Å². The van der Waals surface area contributed by atoms with Crippen LogP contribution in [-0.4, -0.2) is 28.1 Å². The van der Waals surface area contributed by atoms with E-state index in [0.717, 1.165) is 5.56 Å². The number of hydrogen-bond donors (Lipinski definition) is 1. The van der Waals surface area contributed by atoms with Crippen molar-refractivity contribution in [3.63, 3.8) is 0 Å². The van der Waals surface area contributed by atoms with Crippen LogP contribution < -0.4 is 5.32 Å². The van der Waals surface area contributed by atoms with Gasteiger partial charge in [-0.1, -0.05) is 23.4 Å². The molecule has 134 valence electrons. The number of aromatic nitrogens is 2. The number of oxazole rings is 1. The van der Waals surface area contributed by atoms with Crippen LogP contribution in [0.2, 0.25) is 0 Å². The summed E-state index contributed by atoms with van der Waals surface area (Å²) in [7, 11) is 0. The Labute approximate surface area is 149 Å².